The Balaban J connectivity index is 3.02. The molecule has 1 aromatic heterocycles. The molecule has 0 aliphatic heterocycles. The van der Waals surface area contributed by atoms with Crippen LogP contribution in [0.2, 0.25) is 0 Å². The van der Waals surface area contributed by atoms with E-state index in [9.17, 15) is 0 Å². The summed E-state index contributed by atoms with van der Waals surface area (Å²) in [5.74, 6) is 0.644. The lowest BCUT2D eigenvalue weighted by Gasteiger charge is -2.23. The summed E-state index contributed by atoms with van der Waals surface area (Å²) >= 11 is 4.96. The van der Waals surface area contributed by atoms with Crippen molar-refractivity contribution in [3.8, 4) is 0 Å². The molecule has 0 amide bonds. The first kappa shape index (κ1) is 12.8. The molecule has 0 fully saturated rings. The molecule has 1 rings (SSSR count). The van der Waals surface area contributed by atoms with Gasteiger partial charge in [0.1, 0.15) is 4.99 Å². The number of aromatic nitrogens is 2. The van der Waals surface area contributed by atoms with E-state index in [2.05, 4.69) is 17.1 Å². The summed E-state index contributed by atoms with van der Waals surface area (Å²) in [6.07, 6.45) is 2.51. The Morgan fingerprint density at radius 2 is 2.31 bits per heavy atom. The van der Waals surface area contributed by atoms with Crippen LogP contribution >= 0.6 is 12.2 Å². The van der Waals surface area contributed by atoms with Crippen LogP contribution in [0.4, 0.5) is 5.82 Å². The number of aliphatic hydroxyl groups excluding tert-OH is 1. The zero-order valence-electron chi connectivity index (χ0n) is 9.26. The molecule has 0 unspecified atom stereocenters. The zero-order chi connectivity index (χ0) is 12.0. The van der Waals surface area contributed by atoms with Crippen molar-refractivity contribution in [3.05, 3.63) is 17.8 Å². The SMILES string of the molecule is CCCN(CCO)c1nnccc1C(N)=S. The summed E-state index contributed by atoms with van der Waals surface area (Å²) in [6.45, 7) is 3.41. The molecule has 0 aromatic carbocycles. The van der Waals surface area contributed by atoms with Crippen LogP contribution in [-0.2, 0) is 0 Å². The molecular weight excluding hydrogens is 224 g/mol. The van der Waals surface area contributed by atoms with Crippen molar-refractivity contribution in [1.29, 1.82) is 0 Å². The van der Waals surface area contributed by atoms with Crippen LogP contribution in [0.1, 0.15) is 18.9 Å². The van der Waals surface area contributed by atoms with Crippen molar-refractivity contribution in [3.63, 3.8) is 0 Å². The number of anilines is 1. The fourth-order valence-corrected chi connectivity index (χ4v) is 1.62. The molecule has 16 heavy (non-hydrogen) atoms. The third kappa shape index (κ3) is 3.11. The van der Waals surface area contributed by atoms with Crippen LogP contribution < -0.4 is 10.6 Å². The number of nitrogens with zero attached hydrogens (tertiary/aromatic N) is 3. The largest absolute Gasteiger partial charge is 0.395 e. The Hall–Kier alpha value is -1.27. The second kappa shape index (κ2) is 6.34. The molecule has 3 N–H and O–H groups in total. The maximum absolute atomic E-state index is 9.00. The molecule has 0 saturated heterocycles. The molecule has 1 aromatic rings. The van der Waals surface area contributed by atoms with Crippen molar-refractivity contribution < 1.29 is 5.11 Å². The van der Waals surface area contributed by atoms with Gasteiger partial charge in [0, 0.05) is 13.1 Å². The van der Waals surface area contributed by atoms with Crippen molar-refractivity contribution in [2.24, 2.45) is 5.73 Å². The van der Waals surface area contributed by atoms with E-state index in [0.29, 0.717) is 22.9 Å². The quantitative estimate of drug-likeness (QED) is 0.697. The average molecular weight is 240 g/mol. The number of rotatable bonds is 6. The smallest absolute Gasteiger partial charge is 0.161 e. The summed E-state index contributed by atoms with van der Waals surface area (Å²) in [5, 5.41) is 16.9. The minimum absolute atomic E-state index is 0.0628. The molecule has 0 bridgehead atoms. The molecular formula is C10H16N4OS. The Labute approximate surface area is 100 Å². The second-order valence-corrected chi connectivity index (χ2v) is 3.78. The second-order valence-electron chi connectivity index (χ2n) is 3.34. The first-order chi connectivity index (χ1) is 7.70. The van der Waals surface area contributed by atoms with Crippen LogP contribution in [-0.4, -0.2) is 40.0 Å². The van der Waals surface area contributed by atoms with Gasteiger partial charge in [-0.25, -0.2) is 0 Å². The number of nitrogens with two attached hydrogens (primary N) is 1. The van der Waals surface area contributed by atoms with Crippen LogP contribution in [0.5, 0.6) is 0 Å². The van der Waals surface area contributed by atoms with Gasteiger partial charge in [0.2, 0.25) is 0 Å². The van der Waals surface area contributed by atoms with Gasteiger partial charge in [-0.15, -0.1) is 5.10 Å². The Bertz CT molecular complexity index is 352. The number of hydrogen-bond donors (Lipinski definition) is 2. The van der Waals surface area contributed by atoms with E-state index in [0.717, 1.165) is 13.0 Å². The molecule has 0 spiro atoms. The van der Waals surface area contributed by atoms with E-state index in [4.69, 9.17) is 23.1 Å². The van der Waals surface area contributed by atoms with E-state index in [1.807, 2.05) is 4.90 Å². The van der Waals surface area contributed by atoms with Gasteiger partial charge >= 0.3 is 0 Å². The van der Waals surface area contributed by atoms with Gasteiger partial charge < -0.3 is 15.7 Å². The molecule has 0 aliphatic rings. The first-order valence-electron chi connectivity index (χ1n) is 5.18. The molecule has 88 valence electrons. The monoisotopic (exact) mass is 240 g/mol. The molecule has 5 nitrogen and oxygen atoms in total. The van der Waals surface area contributed by atoms with Crippen molar-refractivity contribution in [1.82, 2.24) is 10.2 Å². The maximum atomic E-state index is 9.00. The highest BCUT2D eigenvalue weighted by Gasteiger charge is 2.13. The maximum Gasteiger partial charge on any atom is 0.161 e. The van der Waals surface area contributed by atoms with Crippen LogP contribution in [0.3, 0.4) is 0 Å². The van der Waals surface area contributed by atoms with Crippen molar-refractivity contribution in [2.75, 3.05) is 24.6 Å². The Morgan fingerprint density at radius 1 is 1.56 bits per heavy atom. The van der Waals surface area contributed by atoms with E-state index in [-0.39, 0.29) is 6.61 Å². The molecule has 0 radical (unpaired) electrons. The van der Waals surface area contributed by atoms with Gasteiger partial charge in [0.05, 0.1) is 18.4 Å². The van der Waals surface area contributed by atoms with Gasteiger partial charge in [0.25, 0.3) is 0 Å². The predicted molar refractivity (Wildman–Crippen MR) is 67.5 cm³/mol. The van der Waals surface area contributed by atoms with Gasteiger partial charge in [-0.2, -0.15) is 5.10 Å². The molecule has 6 heteroatoms. The highest BCUT2D eigenvalue weighted by atomic mass is 32.1. The lowest BCUT2D eigenvalue weighted by Crippen LogP contribution is -2.31. The van der Waals surface area contributed by atoms with E-state index in [1.54, 1.807) is 12.3 Å². The summed E-state index contributed by atoms with van der Waals surface area (Å²) in [5.41, 5.74) is 6.32. The van der Waals surface area contributed by atoms with E-state index >= 15 is 0 Å². The zero-order valence-corrected chi connectivity index (χ0v) is 10.1. The van der Waals surface area contributed by atoms with E-state index < -0.39 is 0 Å². The molecule has 0 atom stereocenters. The number of thiocarbonyl (C=S) groups is 1. The third-order valence-corrected chi connectivity index (χ3v) is 2.35. The summed E-state index contributed by atoms with van der Waals surface area (Å²) < 4.78 is 0. The standard InChI is InChI=1S/C10H16N4OS/c1-2-5-14(6-7-15)10-8(9(11)16)3-4-12-13-10/h3-4,15H,2,5-7H2,1H3,(H2,11,16). The normalized spacial score (nSPS) is 10.1. The lowest BCUT2D eigenvalue weighted by atomic mass is 10.2. The van der Waals surface area contributed by atoms with Gasteiger partial charge in [-0.05, 0) is 12.5 Å². The Morgan fingerprint density at radius 3 is 2.88 bits per heavy atom. The average Bonchev–Trinajstić information content (AvgIpc) is 2.29. The predicted octanol–water partition coefficient (Wildman–Crippen LogP) is 0.320. The summed E-state index contributed by atoms with van der Waals surface area (Å²) in [4.78, 5) is 2.23. The molecule has 0 aliphatic carbocycles. The fourth-order valence-electron chi connectivity index (χ4n) is 1.46. The van der Waals surface area contributed by atoms with E-state index in [1.165, 1.54) is 0 Å². The number of hydrogen-bond acceptors (Lipinski definition) is 5. The minimum atomic E-state index is 0.0628. The first-order valence-corrected chi connectivity index (χ1v) is 5.58. The van der Waals surface area contributed by atoms with Gasteiger partial charge in [0.15, 0.2) is 5.82 Å². The van der Waals surface area contributed by atoms with Crippen LogP contribution in [0.15, 0.2) is 12.3 Å². The topological polar surface area (TPSA) is 75.3 Å². The third-order valence-electron chi connectivity index (χ3n) is 2.13. The lowest BCUT2D eigenvalue weighted by molar-refractivity contribution is 0.301. The molecule has 1 heterocycles. The van der Waals surface area contributed by atoms with Crippen molar-refractivity contribution >= 4 is 23.0 Å². The van der Waals surface area contributed by atoms with Crippen LogP contribution in [0, 0.1) is 0 Å². The Kier molecular flexibility index (Phi) is 5.07. The minimum Gasteiger partial charge on any atom is -0.395 e. The van der Waals surface area contributed by atoms with Gasteiger partial charge in [-0.1, -0.05) is 19.1 Å². The highest BCUT2D eigenvalue weighted by Crippen LogP contribution is 2.16. The molecule has 0 saturated carbocycles. The number of aliphatic hydroxyl groups is 1. The fraction of sp³-hybridized carbons (Fsp3) is 0.500. The van der Waals surface area contributed by atoms with Gasteiger partial charge in [-0.3, -0.25) is 0 Å². The van der Waals surface area contributed by atoms with Crippen LogP contribution in [0.25, 0.3) is 0 Å². The highest BCUT2D eigenvalue weighted by molar-refractivity contribution is 7.80. The van der Waals surface area contributed by atoms with Crippen molar-refractivity contribution in [2.45, 2.75) is 13.3 Å². The summed E-state index contributed by atoms with van der Waals surface area (Å²) in [6, 6.07) is 1.74. The summed E-state index contributed by atoms with van der Waals surface area (Å²) in [7, 11) is 0.